The summed E-state index contributed by atoms with van der Waals surface area (Å²) in [6.07, 6.45) is 1.89. The lowest BCUT2D eigenvalue weighted by molar-refractivity contribution is 0.0696. The summed E-state index contributed by atoms with van der Waals surface area (Å²) in [6, 6.07) is 18.2. The third kappa shape index (κ3) is 3.03. The van der Waals surface area contributed by atoms with Gasteiger partial charge in [0.15, 0.2) is 0 Å². The van der Waals surface area contributed by atoms with Crippen molar-refractivity contribution in [2.24, 2.45) is 0 Å². The predicted molar refractivity (Wildman–Crippen MR) is 116 cm³/mol. The van der Waals surface area contributed by atoms with E-state index in [1.54, 1.807) is 18.2 Å². The first-order chi connectivity index (χ1) is 14.4. The third-order valence-electron chi connectivity index (χ3n) is 5.29. The van der Waals surface area contributed by atoms with E-state index in [0.717, 1.165) is 27.6 Å². The maximum atomic E-state index is 11.9. The molecule has 0 radical (unpaired) electrons. The first-order valence-corrected chi connectivity index (χ1v) is 9.27. The van der Waals surface area contributed by atoms with E-state index in [9.17, 15) is 15.2 Å². The van der Waals surface area contributed by atoms with Crippen molar-refractivity contribution in [3.05, 3.63) is 77.5 Å². The van der Waals surface area contributed by atoms with Gasteiger partial charge in [-0.2, -0.15) is 5.26 Å². The molecule has 6 heteroatoms. The minimum atomic E-state index is -1.05. The number of anilines is 1. The number of ether oxygens (including phenoxy) is 1. The van der Waals surface area contributed by atoms with Crippen LogP contribution in [0, 0.1) is 18.3 Å². The van der Waals surface area contributed by atoms with Gasteiger partial charge in [-0.3, -0.25) is 0 Å². The van der Waals surface area contributed by atoms with Gasteiger partial charge in [0.1, 0.15) is 5.75 Å². The van der Waals surface area contributed by atoms with Crippen molar-refractivity contribution in [2.45, 2.75) is 6.92 Å². The maximum Gasteiger partial charge on any atom is 0.337 e. The standard InChI is InChI=1S/C24H19N3O3/c1-14-17(4-3-5-21(14)26)20-13-27(22-8-6-15(12-25)10-18(20)22)23-9-7-16(30-2)11-19(23)24(28)29/h3-11,13H,26H2,1-2H3,(H,28,29). The third-order valence-corrected chi connectivity index (χ3v) is 5.29. The molecule has 0 aliphatic rings. The van der Waals surface area contributed by atoms with E-state index in [2.05, 4.69) is 6.07 Å². The van der Waals surface area contributed by atoms with E-state index in [4.69, 9.17) is 10.5 Å². The number of aromatic carboxylic acids is 1. The number of nitriles is 1. The van der Waals surface area contributed by atoms with Crippen molar-refractivity contribution in [3.8, 4) is 28.6 Å². The summed E-state index contributed by atoms with van der Waals surface area (Å²) < 4.78 is 7.03. The molecule has 3 N–H and O–H groups in total. The molecule has 0 bridgehead atoms. The number of nitrogens with two attached hydrogens (primary N) is 1. The Kier molecular flexibility index (Phi) is 4.65. The first-order valence-electron chi connectivity index (χ1n) is 9.27. The van der Waals surface area contributed by atoms with Gasteiger partial charge in [0, 0.05) is 22.8 Å². The molecule has 0 unspecified atom stereocenters. The highest BCUT2D eigenvalue weighted by molar-refractivity contribution is 6.01. The van der Waals surface area contributed by atoms with Gasteiger partial charge in [0.05, 0.1) is 35.5 Å². The lowest BCUT2D eigenvalue weighted by Gasteiger charge is -2.11. The SMILES string of the molecule is COc1ccc(-n2cc(-c3cccc(N)c3C)c3cc(C#N)ccc32)c(C(=O)O)c1. The molecule has 1 aromatic heterocycles. The lowest BCUT2D eigenvalue weighted by atomic mass is 9.98. The number of methoxy groups -OCH3 is 1. The summed E-state index contributed by atoms with van der Waals surface area (Å²) in [7, 11) is 1.50. The van der Waals surface area contributed by atoms with Crippen LogP contribution < -0.4 is 10.5 Å². The normalized spacial score (nSPS) is 10.7. The van der Waals surface area contributed by atoms with Gasteiger partial charge < -0.3 is 20.1 Å². The zero-order valence-electron chi connectivity index (χ0n) is 16.5. The quantitative estimate of drug-likeness (QED) is 0.483. The Labute approximate surface area is 173 Å². The topological polar surface area (TPSA) is 101 Å². The fourth-order valence-corrected chi connectivity index (χ4v) is 3.68. The van der Waals surface area contributed by atoms with E-state index in [0.29, 0.717) is 22.7 Å². The molecule has 0 aliphatic heterocycles. The average molecular weight is 397 g/mol. The minimum absolute atomic E-state index is 0.117. The molecule has 0 aliphatic carbocycles. The summed E-state index contributed by atoms with van der Waals surface area (Å²) in [5.74, 6) is -0.590. The number of carboxylic acid groups (broad SMARTS) is 1. The Balaban J connectivity index is 2.08. The second-order valence-electron chi connectivity index (χ2n) is 6.96. The van der Waals surface area contributed by atoms with Gasteiger partial charge in [0.2, 0.25) is 0 Å². The number of aromatic nitrogens is 1. The second-order valence-corrected chi connectivity index (χ2v) is 6.96. The van der Waals surface area contributed by atoms with Crippen molar-refractivity contribution >= 4 is 22.6 Å². The van der Waals surface area contributed by atoms with Crippen molar-refractivity contribution in [1.29, 1.82) is 5.26 Å². The van der Waals surface area contributed by atoms with Gasteiger partial charge in [-0.1, -0.05) is 12.1 Å². The number of nitrogen functional groups attached to an aromatic ring is 1. The number of hydrogen-bond donors (Lipinski definition) is 2. The maximum absolute atomic E-state index is 11.9. The van der Waals surface area contributed by atoms with Crippen molar-refractivity contribution < 1.29 is 14.6 Å². The molecule has 0 spiro atoms. The van der Waals surface area contributed by atoms with Gasteiger partial charge in [0.25, 0.3) is 0 Å². The summed E-state index contributed by atoms with van der Waals surface area (Å²) in [5, 5.41) is 20.0. The number of rotatable bonds is 4. The van der Waals surface area contributed by atoms with E-state index in [1.807, 2.05) is 48.0 Å². The van der Waals surface area contributed by atoms with E-state index < -0.39 is 5.97 Å². The van der Waals surface area contributed by atoms with Crippen LogP contribution >= 0.6 is 0 Å². The van der Waals surface area contributed by atoms with Crippen molar-refractivity contribution in [2.75, 3.05) is 12.8 Å². The van der Waals surface area contributed by atoms with Crippen LogP contribution in [0.2, 0.25) is 0 Å². The highest BCUT2D eigenvalue weighted by Gasteiger charge is 2.19. The Morgan fingerprint density at radius 2 is 1.93 bits per heavy atom. The van der Waals surface area contributed by atoms with Crippen LogP contribution in [0.5, 0.6) is 5.75 Å². The lowest BCUT2D eigenvalue weighted by Crippen LogP contribution is -2.05. The number of hydrogen-bond acceptors (Lipinski definition) is 4. The number of carboxylic acids is 1. The number of nitrogens with zero attached hydrogens (tertiary/aromatic N) is 2. The van der Waals surface area contributed by atoms with Crippen LogP contribution in [0.15, 0.2) is 60.8 Å². The zero-order chi connectivity index (χ0) is 21.4. The monoisotopic (exact) mass is 397 g/mol. The van der Waals surface area contributed by atoms with Gasteiger partial charge in [-0.05, 0) is 60.5 Å². The van der Waals surface area contributed by atoms with Crippen LogP contribution in [0.25, 0.3) is 27.7 Å². The molecule has 0 amide bonds. The molecule has 0 atom stereocenters. The van der Waals surface area contributed by atoms with Crippen LogP contribution in [0.3, 0.4) is 0 Å². The van der Waals surface area contributed by atoms with Crippen LogP contribution in [-0.4, -0.2) is 22.8 Å². The fourth-order valence-electron chi connectivity index (χ4n) is 3.68. The highest BCUT2D eigenvalue weighted by atomic mass is 16.5. The molecule has 6 nitrogen and oxygen atoms in total. The van der Waals surface area contributed by atoms with Gasteiger partial charge in [-0.15, -0.1) is 0 Å². The van der Waals surface area contributed by atoms with E-state index in [-0.39, 0.29) is 5.56 Å². The van der Waals surface area contributed by atoms with E-state index >= 15 is 0 Å². The van der Waals surface area contributed by atoms with Crippen molar-refractivity contribution in [3.63, 3.8) is 0 Å². The molecule has 3 aromatic carbocycles. The fraction of sp³-hybridized carbons (Fsp3) is 0.0833. The Morgan fingerprint density at radius 1 is 1.13 bits per heavy atom. The summed E-state index contributed by atoms with van der Waals surface area (Å²) >= 11 is 0. The zero-order valence-corrected chi connectivity index (χ0v) is 16.5. The highest BCUT2D eigenvalue weighted by Crippen LogP contribution is 2.37. The number of benzene rings is 3. The summed E-state index contributed by atoms with van der Waals surface area (Å²) in [4.78, 5) is 11.9. The molecule has 4 rings (SSSR count). The Morgan fingerprint density at radius 3 is 2.63 bits per heavy atom. The average Bonchev–Trinajstić information content (AvgIpc) is 3.13. The van der Waals surface area contributed by atoms with Crippen LogP contribution in [0.1, 0.15) is 21.5 Å². The molecule has 1 heterocycles. The van der Waals surface area contributed by atoms with E-state index in [1.165, 1.54) is 13.2 Å². The van der Waals surface area contributed by atoms with Gasteiger partial charge in [-0.25, -0.2) is 4.79 Å². The summed E-state index contributed by atoms with van der Waals surface area (Å²) in [6.45, 7) is 1.94. The molecular formula is C24H19N3O3. The second kappa shape index (κ2) is 7.30. The molecule has 0 saturated carbocycles. The van der Waals surface area contributed by atoms with Crippen LogP contribution in [0.4, 0.5) is 5.69 Å². The molecular weight excluding hydrogens is 378 g/mol. The molecule has 148 valence electrons. The summed E-state index contributed by atoms with van der Waals surface area (Å²) in [5.41, 5.74) is 11.5. The smallest absolute Gasteiger partial charge is 0.337 e. The first kappa shape index (κ1) is 19.1. The molecule has 4 aromatic rings. The molecule has 30 heavy (non-hydrogen) atoms. The minimum Gasteiger partial charge on any atom is -0.497 e. The largest absolute Gasteiger partial charge is 0.497 e. The predicted octanol–water partition coefficient (Wildman–Crippen LogP) is 4.77. The molecule has 0 fully saturated rings. The number of fused-ring (bicyclic) bond motifs is 1. The van der Waals surface area contributed by atoms with Crippen LogP contribution in [-0.2, 0) is 0 Å². The Hall–Kier alpha value is -4.24. The Bertz CT molecular complexity index is 1350. The molecule has 0 saturated heterocycles. The van der Waals surface area contributed by atoms with Gasteiger partial charge >= 0.3 is 5.97 Å². The van der Waals surface area contributed by atoms with Crippen molar-refractivity contribution in [1.82, 2.24) is 4.57 Å². The number of carbonyl (C=O) groups is 1.